The second-order valence-corrected chi connectivity index (χ2v) is 7.50. The Bertz CT molecular complexity index is 679. The van der Waals surface area contributed by atoms with Gasteiger partial charge in [0.2, 0.25) is 0 Å². The molecule has 1 aliphatic heterocycles. The molecule has 100 valence electrons. The average Bonchev–Trinajstić information content (AvgIpc) is 2.90. The van der Waals surface area contributed by atoms with Gasteiger partial charge in [-0.05, 0) is 36.6 Å². The summed E-state index contributed by atoms with van der Waals surface area (Å²) in [5.74, 6) is -0.0170. The molecule has 1 aromatic carbocycles. The number of hydrogen-bond donors (Lipinski definition) is 1. The predicted octanol–water partition coefficient (Wildman–Crippen LogP) is 2.48. The molecular formula is C13H14N2O2S2. The average molecular weight is 294 g/mol. The summed E-state index contributed by atoms with van der Waals surface area (Å²) in [7, 11) is -3.30. The molecule has 2 aromatic rings. The Labute approximate surface area is 116 Å². The van der Waals surface area contributed by atoms with Crippen LogP contribution in [-0.4, -0.2) is 19.9 Å². The molecule has 1 aromatic heterocycles. The number of sulfone groups is 1. The third-order valence-electron chi connectivity index (χ3n) is 3.17. The number of nitrogens with one attached hydrogen (secondary N) is 1. The Kier molecular flexibility index (Phi) is 3.28. The third-order valence-corrected chi connectivity index (χ3v) is 5.76. The van der Waals surface area contributed by atoms with E-state index >= 15 is 0 Å². The van der Waals surface area contributed by atoms with E-state index in [0.29, 0.717) is 9.90 Å². The van der Waals surface area contributed by atoms with Crippen LogP contribution in [0.1, 0.15) is 17.0 Å². The lowest BCUT2D eigenvalue weighted by atomic mass is 10.0. The molecule has 0 spiro atoms. The van der Waals surface area contributed by atoms with Gasteiger partial charge in [-0.2, -0.15) is 0 Å². The first kappa shape index (κ1) is 12.6. The highest BCUT2D eigenvalue weighted by molar-refractivity contribution is 7.90. The fourth-order valence-electron chi connectivity index (χ4n) is 2.21. The van der Waals surface area contributed by atoms with Crippen molar-refractivity contribution in [3.8, 4) is 0 Å². The summed E-state index contributed by atoms with van der Waals surface area (Å²) in [5.41, 5.74) is 2.14. The molecule has 0 unspecified atom stereocenters. The summed E-state index contributed by atoms with van der Waals surface area (Å²) in [6.45, 7) is 0.957. The molecule has 2 heterocycles. The predicted molar refractivity (Wildman–Crippen MR) is 76.3 cm³/mol. The maximum Gasteiger partial charge on any atom is 0.184 e. The smallest absolute Gasteiger partial charge is 0.184 e. The third kappa shape index (κ3) is 2.64. The van der Waals surface area contributed by atoms with E-state index in [2.05, 4.69) is 10.3 Å². The molecule has 0 fully saturated rings. The molecule has 3 rings (SSSR count). The van der Waals surface area contributed by atoms with Crippen molar-refractivity contribution in [3.05, 3.63) is 40.3 Å². The van der Waals surface area contributed by atoms with Gasteiger partial charge in [-0.15, -0.1) is 11.3 Å². The summed E-state index contributed by atoms with van der Waals surface area (Å²) >= 11 is 1.37. The first-order chi connectivity index (χ1) is 9.15. The number of fused-ring (bicyclic) bond motifs is 1. The molecule has 1 N–H and O–H groups in total. The zero-order chi connectivity index (χ0) is 13.3. The number of aromatic nitrogens is 1. The zero-order valence-electron chi connectivity index (χ0n) is 10.3. The lowest BCUT2D eigenvalue weighted by Crippen LogP contribution is -2.13. The van der Waals surface area contributed by atoms with Crippen molar-refractivity contribution in [1.82, 2.24) is 4.98 Å². The number of hydrogen-bond acceptors (Lipinski definition) is 5. The first-order valence-electron chi connectivity index (χ1n) is 6.13. The van der Waals surface area contributed by atoms with Crippen LogP contribution in [0.5, 0.6) is 0 Å². The van der Waals surface area contributed by atoms with Crippen LogP contribution in [0.3, 0.4) is 0 Å². The SMILES string of the molecule is O=S(=O)(Cc1nccs1)c1ccc2c(c1)CCCN2. The van der Waals surface area contributed by atoms with Crippen LogP contribution in [0.15, 0.2) is 34.7 Å². The molecule has 0 amide bonds. The fraction of sp³-hybridized carbons (Fsp3) is 0.308. The summed E-state index contributed by atoms with van der Waals surface area (Å²) in [6, 6.07) is 5.34. The van der Waals surface area contributed by atoms with Gasteiger partial charge in [-0.1, -0.05) is 0 Å². The summed E-state index contributed by atoms with van der Waals surface area (Å²) in [6.07, 6.45) is 3.61. The Morgan fingerprint density at radius 2 is 2.26 bits per heavy atom. The topological polar surface area (TPSA) is 59.1 Å². The van der Waals surface area contributed by atoms with Crippen LogP contribution in [-0.2, 0) is 22.0 Å². The van der Waals surface area contributed by atoms with Crippen LogP contribution in [0, 0.1) is 0 Å². The van der Waals surface area contributed by atoms with Crippen molar-refractivity contribution in [2.45, 2.75) is 23.5 Å². The summed E-state index contributed by atoms with van der Waals surface area (Å²) in [4.78, 5) is 4.44. The van der Waals surface area contributed by atoms with E-state index in [9.17, 15) is 8.42 Å². The van der Waals surface area contributed by atoms with Gasteiger partial charge in [0.05, 0.1) is 4.90 Å². The number of rotatable bonds is 3. The van der Waals surface area contributed by atoms with Crippen LogP contribution in [0.4, 0.5) is 5.69 Å². The van der Waals surface area contributed by atoms with Gasteiger partial charge in [0.1, 0.15) is 10.8 Å². The number of anilines is 1. The van der Waals surface area contributed by atoms with Crippen molar-refractivity contribution in [2.75, 3.05) is 11.9 Å². The maximum absolute atomic E-state index is 12.3. The van der Waals surface area contributed by atoms with E-state index in [1.165, 1.54) is 11.3 Å². The van der Waals surface area contributed by atoms with Gasteiger partial charge in [0.15, 0.2) is 9.84 Å². The second kappa shape index (κ2) is 4.94. The van der Waals surface area contributed by atoms with Crippen LogP contribution in [0.2, 0.25) is 0 Å². The van der Waals surface area contributed by atoms with Gasteiger partial charge in [0.25, 0.3) is 0 Å². The number of aryl methyl sites for hydroxylation is 1. The van der Waals surface area contributed by atoms with Gasteiger partial charge in [-0.25, -0.2) is 13.4 Å². The normalized spacial score (nSPS) is 14.7. The Morgan fingerprint density at radius 1 is 1.37 bits per heavy atom. The minimum atomic E-state index is -3.30. The molecule has 0 aliphatic carbocycles. The van der Waals surface area contributed by atoms with E-state index in [4.69, 9.17) is 0 Å². The largest absolute Gasteiger partial charge is 0.385 e. The van der Waals surface area contributed by atoms with Crippen LogP contribution >= 0.6 is 11.3 Å². The first-order valence-corrected chi connectivity index (χ1v) is 8.66. The van der Waals surface area contributed by atoms with E-state index in [-0.39, 0.29) is 5.75 Å². The Morgan fingerprint density at radius 3 is 3.05 bits per heavy atom. The lowest BCUT2D eigenvalue weighted by Gasteiger charge is -2.18. The summed E-state index contributed by atoms with van der Waals surface area (Å²) < 4.78 is 24.7. The van der Waals surface area contributed by atoms with Crippen LogP contribution in [0.25, 0.3) is 0 Å². The minimum absolute atomic E-state index is 0.0170. The highest BCUT2D eigenvalue weighted by atomic mass is 32.2. The van der Waals surface area contributed by atoms with E-state index in [1.807, 2.05) is 6.07 Å². The van der Waals surface area contributed by atoms with Gasteiger partial charge >= 0.3 is 0 Å². The molecule has 0 atom stereocenters. The lowest BCUT2D eigenvalue weighted by molar-refractivity contribution is 0.595. The molecular weight excluding hydrogens is 280 g/mol. The standard InChI is InChI=1S/C13H14N2O2S2/c16-19(17,9-13-15-6-7-18-13)11-3-4-12-10(8-11)2-1-5-14-12/h3-4,6-8,14H,1-2,5,9H2. The monoisotopic (exact) mass is 294 g/mol. The van der Waals surface area contributed by atoms with Gasteiger partial charge < -0.3 is 5.32 Å². The second-order valence-electron chi connectivity index (χ2n) is 4.53. The molecule has 0 bridgehead atoms. The molecule has 0 radical (unpaired) electrons. The van der Waals surface area contributed by atoms with Gasteiger partial charge in [-0.3, -0.25) is 0 Å². The molecule has 0 saturated carbocycles. The Hall–Kier alpha value is -1.40. The van der Waals surface area contributed by atoms with Crippen molar-refractivity contribution in [2.24, 2.45) is 0 Å². The maximum atomic E-state index is 12.3. The highest BCUT2D eigenvalue weighted by Crippen LogP contribution is 2.26. The van der Waals surface area contributed by atoms with Gasteiger partial charge in [0, 0.05) is 23.8 Å². The van der Waals surface area contributed by atoms with Crippen molar-refractivity contribution in [3.63, 3.8) is 0 Å². The molecule has 0 saturated heterocycles. The molecule has 4 nitrogen and oxygen atoms in total. The van der Waals surface area contributed by atoms with E-state index in [1.54, 1.807) is 23.7 Å². The highest BCUT2D eigenvalue weighted by Gasteiger charge is 2.19. The summed E-state index contributed by atoms with van der Waals surface area (Å²) in [5, 5.41) is 5.71. The Balaban J connectivity index is 1.93. The zero-order valence-corrected chi connectivity index (χ0v) is 11.9. The molecule has 1 aliphatic rings. The van der Waals surface area contributed by atoms with Crippen molar-refractivity contribution >= 4 is 26.9 Å². The van der Waals surface area contributed by atoms with Crippen molar-refractivity contribution in [1.29, 1.82) is 0 Å². The number of thiazole rings is 1. The molecule has 19 heavy (non-hydrogen) atoms. The molecule has 6 heteroatoms. The quantitative estimate of drug-likeness (QED) is 0.945. The fourth-order valence-corrected chi connectivity index (χ4v) is 4.52. The number of nitrogens with zero attached hydrogens (tertiary/aromatic N) is 1. The minimum Gasteiger partial charge on any atom is -0.385 e. The van der Waals surface area contributed by atoms with Crippen LogP contribution < -0.4 is 5.32 Å². The van der Waals surface area contributed by atoms with Crippen molar-refractivity contribution < 1.29 is 8.42 Å². The van der Waals surface area contributed by atoms with E-state index in [0.717, 1.165) is 30.6 Å². The number of benzene rings is 1. The van der Waals surface area contributed by atoms with E-state index < -0.39 is 9.84 Å².